The number of ether oxygens (including phenoxy) is 1. The van der Waals surface area contributed by atoms with Gasteiger partial charge >= 0.3 is 5.97 Å². The molecule has 0 amide bonds. The minimum Gasteiger partial charge on any atom is -0.463 e. The molecule has 0 saturated carbocycles. The maximum Gasteiger partial charge on any atom is 0.333 e. The van der Waals surface area contributed by atoms with E-state index in [1.54, 1.807) is 0 Å². The molecule has 0 aliphatic heterocycles. The summed E-state index contributed by atoms with van der Waals surface area (Å²) in [5.74, 6) is 0.746. The number of esters is 1. The molecule has 0 N–H and O–H groups in total. The Morgan fingerprint density at radius 3 is 1.59 bits per heavy atom. The number of allylic oxidation sites excluding steroid dienone is 1. The summed E-state index contributed by atoms with van der Waals surface area (Å²) in [6, 6.07) is 0. The van der Waals surface area contributed by atoms with Crippen LogP contribution in [0.2, 0.25) is 0 Å². The van der Waals surface area contributed by atoms with Gasteiger partial charge in [0, 0.05) is 5.57 Å². The molecule has 0 aromatic carbocycles. The van der Waals surface area contributed by atoms with Gasteiger partial charge in [-0.2, -0.15) is 0 Å². The second-order valence-corrected chi connectivity index (χ2v) is 8.37. The van der Waals surface area contributed by atoms with Crippen LogP contribution in [0.1, 0.15) is 130 Å². The fourth-order valence-electron chi connectivity index (χ4n) is 3.51. The fraction of sp³-hybridized carbons (Fsp3) is 0.880. The summed E-state index contributed by atoms with van der Waals surface area (Å²) < 4.78 is 5.07. The summed E-state index contributed by atoms with van der Waals surface area (Å²) in [5, 5.41) is 0. The van der Waals surface area contributed by atoms with E-state index in [1.807, 2.05) is 13.8 Å². The van der Waals surface area contributed by atoms with Gasteiger partial charge in [0.25, 0.3) is 0 Å². The molecule has 2 nitrogen and oxygen atoms in total. The van der Waals surface area contributed by atoms with Crippen LogP contribution in [0.25, 0.3) is 0 Å². The average molecular weight is 381 g/mol. The van der Waals surface area contributed by atoms with Gasteiger partial charge in [-0.1, -0.05) is 110 Å². The minimum atomic E-state index is -0.129. The molecule has 0 rings (SSSR count). The fourth-order valence-corrected chi connectivity index (χ4v) is 3.51. The van der Waals surface area contributed by atoms with Crippen LogP contribution in [0.5, 0.6) is 0 Å². The maximum absolute atomic E-state index is 11.7. The second-order valence-electron chi connectivity index (χ2n) is 8.37. The first-order valence-electron chi connectivity index (χ1n) is 12.0. The van der Waals surface area contributed by atoms with Gasteiger partial charge in [-0.3, -0.25) is 0 Å². The summed E-state index contributed by atoms with van der Waals surface area (Å²) in [4.78, 5) is 11.7. The van der Waals surface area contributed by atoms with Crippen molar-refractivity contribution < 1.29 is 9.53 Å². The van der Waals surface area contributed by atoms with E-state index < -0.39 is 0 Å². The molecule has 27 heavy (non-hydrogen) atoms. The highest BCUT2D eigenvalue weighted by Crippen LogP contribution is 2.15. The molecule has 0 aromatic rings. The Morgan fingerprint density at radius 1 is 0.741 bits per heavy atom. The topological polar surface area (TPSA) is 26.3 Å². The Hall–Kier alpha value is -0.790. The van der Waals surface area contributed by atoms with Crippen molar-refractivity contribution in [2.24, 2.45) is 5.92 Å². The summed E-state index contributed by atoms with van der Waals surface area (Å²) in [7, 11) is 0. The maximum atomic E-state index is 11.7. The van der Waals surface area contributed by atoms with Crippen LogP contribution in [-0.4, -0.2) is 12.6 Å². The predicted octanol–water partition coefficient (Wildman–Crippen LogP) is 8.39. The van der Waals surface area contributed by atoms with Gasteiger partial charge in [-0.15, -0.1) is 0 Å². The zero-order valence-electron chi connectivity index (χ0n) is 19.0. The Kier molecular flexibility index (Phi) is 19.4. The van der Waals surface area contributed by atoms with E-state index in [4.69, 9.17) is 4.74 Å². The molecule has 0 aliphatic carbocycles. The van der Waals surface area contributed by atoms with Gasteiger partial charge in [0.05, 0.1) is 6.61 Å². The van der Waals surface area contributed by atoms with Crippen molar-refractivity contribution in [1.29, 1.82) is 0 Å². The van der Waals surface area contributed by atoms with Crippen LogP contribution in [0.4, 0.5) is 0 Å². The quantitative estimate of drug-likeness (QED) is 0.128. The molecule has 0 atom stereocenters. The van der Waals surface area contributed by atoms with E-state index >= 15 is 0 Å². The Labute approximate surface area is 170 Å². The summed E-state index contributed by atoms with van der Waals surface area (Å²) in [6.07, 6.45) is 23.3. The third-order valence-corrected chi connectivity index (χ3v) is 5.29. The van der Waals surface area contributed by atoms with E-state index in [2.05, 4.69) is 19.9 Å². The molecular weight excluding hydrogens is 332 g/mol. The van der Waals surface area contributed by atoms with Gasteiger partial charge in [-0.25, -0.2) is 4.79 Å². The third kappa shape index (κ3) is 18.3. The second kappa shape index (κ2) is 20.0. The first-order valence-corrected chi connectivity index (χ1v) is 12.0. The van der Waals surface area contributed by atoms with Crippen LogP contribution in [0, 0.1) is 5.92 Å². The van der Waals surface area contributed by atoms with Crippen molar-refractivity contribution >= 4 is 5.97 Å². The number of carbonyl (C=O) groups excluding carboxylic acids is 1. The van der Waals surface area contributed by atoms with E-state index in [0.29, 0.717) is 6.61 Å². The SMILES string of the molecule is CCOC(=O)C(=CCCCCCCCCCCCCCCCC(C)C)CC. The van der Waals surface area contributed by atoms with E-state index in [0.717, 1.165) is 24.3 Å². The third-order valence-electron chi connectivity index (χ3n) is 5.29. The highest BCUT2D eigenvalue weighted by Gasteiger charge is 2.06. The molecule has 2 heteroatoms. The zero-order valence-corrected chi connectivity index (χ0v) is 19.0. The molecule has 0 spiro atoms. The summed E-state index contributed by atoms with van der Waals surface area (Å²) in [5.41, 5.74) is 0.844. The van der Waals surface area contributed by atoms with E-state index in [1.165, 1.54) is 89.9 Å². The molecule has 160 valence electrons. The molecule has 0 unspecified atom stereocenters. The van der Waals surface area contributed by atoms with Crippen molar-refractivity contribution in [3.63, 3.8) is 0 Å². The van der Waals surface area contributed by atoms with Crippen molar-refractivity contribution in [2.75, 3.05) is 6.61 Å². The molecule has 0 saturated heterocycles. The highest BCUT2D eigenvalue weighted by molar-refractivity contribution is 5.88. The van der Waals surface area contributed by atoms with Gasteiger partial charge in [-0.05, 0) is 32.1 Å². The van der Waals surface area contributed by atoms with Crippen LogP contribution >= 0.6 is 0 Å². The Balaban J connectivity index is 3.32. The first kappa shape index (κ1) is 26.2. The van der Waals surface area contributed by atoms with Crippen LogP contribution in [0.3, 0.4) is 0 Å². The number of hydrogen-bond donors (Lipinski definition) is 0. The number of carbonyl (C=O) groups is 1. The lowest BCUT2D eigenvalue weighted by molar-refractivity contribution is -0.138. The van der Waals surface area contributed by atoms with Gasteiger partial charge in [0.1, 0.15) is 0 Å². The molecule has 0 fully saturated rings. The molecule has 0 radical (unpaired) electrons. The highest BCUT2D eigenvalue weighted by atomic mass is 16.5. The van der Waals surface area contributed by atoms with Crippen LogP contribution < -0.4 is 0 Å². The lowest BCUT2D eigenvalue weighted by Crippen LogP contribution is -2.06. The predicted molar refractivity (Wildman–Crippen MR) is 119 cm³/mol. The van der Waals surface area contributed by atoms with E-state index in [9.17, 15) is 4.79 Å². The smallest absolute Gasteiger partial charge is 0.333 e. The lowest BCUT2D eigenvalue weighted by atomic mass is 10.0. The van der Waals surface area contributed by atoms with Crippen LogP contribution in [-0.2, 0) is 9.53 Å². The molecule has 0 bridgehead atoms. The normalized spacial score (nSPS) is 12.0. The van der Waals surface area contributed by atoms with Crippen molar-refractivity contribution in [2.45, 2.75) is 130 Å². The van der Waals surface area contributed by atoms with Crippen molar-refractivity contribution in [1.82, 2.24) is 0 Å². The summed E-state index contributed by atoms with van der Waals surface area (Å²) >= 11 is 0. The standard InChI is InChI=1S/C25H48O2/c1-5-24(25(26)27-6-2)22-20-18-16-14-12-10-8-7-9-11-13-15-17-19-21-23(3)4/h22-23H,5-21H2,1-4H3. The average Bonchev–Trinajstić information content (AvgIpc) is 2.64. The number of hydrogen-bond acceptors (Lipinski definition) is 2. The lowest BCUT2D eigenvalue weighted by Gasteiger charge is -2.05. The van der Waals surface area contributed by atoms with Crippen molar-refractivity contribution in [3.05, 3.63) is 11.6 Å². The van der Waals surface area contributed by atoms with Crippen LogP contribution in [0.15, 0.2) is 11.6 Å². The number of rotatable bonds is 19. The Morgan fingerprint density at radius 2 is 1.19 bits per heavy atom. The monoisotopic (exact) mass is 380 g/mol. The van der Waals surface area contributed by atoms with Gasteiger partial charge < -0.3 is 4.74 Å². The first-order chi connectivity index (χ1) is 13.1. The van der Waals surface area contributed by atoms with Gasteiger partial charge in [0.15, 0.2) is 0 Å². The largest absolute Gasteiger partial charge is 0.463 e. The zero-order chi connectivity index (χ0) is 20.2. The molecular formula is C25H48O2. The Bertz CT molecular complexity index is 357. The van der Waals surface area contributed by atoms with Crippen molar-refractivity contribution in [3.8, 4) is 0 Å². The number of unbranched alkanes of at least 4 members (excludes halogenated alkanes) is 13. The van der Waals surface area contributed by atoms with E-state index in [-0.39, 0.29) is 5.97 Å². The van der Waals surface area contributed by atoms with Gasteiger partial charge in [0.2, 0.25) is 0 Å². The molecule has 0 aliphatic rings. The minimum absolute atomic E-state index is 0.129. The molecule has 0 aromatic heterocycles. The molecule has 0 heterocycles. The summed E-state index contributed by atoms with van der Waals surface area (Å²) in [6.45, 7) is 9.00.